The van der Waals surface area contributed by atoms with Crippen LogP contribution in [-0.2, 0) is 9.59 Å². The molecule has 0 unspecified atom stereocenters. The molecule has 1 fully saturated rings. The van der Waals surface area contributed by atoms with Crippen LogP contribution in [0.4, 0.5) is 0 Å². The zero-order valence-corrected chi connectivity index (χ0v) is 15.6. The second-order valence-electron chi connectivity index (χ2n) is 8.78. The van der Waals surface area contributed by atoms with Crippen molar-refractivity contribution in [3.05, 3.63) is 11.6 Å². The summed E-state index contributed by atoms with van der Waals surface area (Å²) >= 11 is 0. The number of hydrogen-bond donors (Lipinski definition) is 2. The fourth-order valence-corrected chi connectivity index (χ4v) is 5.16. The summed E-state index contributed by atoms with van der Waals surface area (Å²) in [5.74, 6) is -0.166. The number of carbonyl (C=O) groups excluding carboxylic acids is 1. The molecule has 0 aromatic heterocycles. The number of aliphatic hydroxyl groups is 1. The SMILES string of the molecule is CC1=CC(=O)C[C@@H]2[C@@](C)(CC[C@H](C)CC(=O)O)[C@H](C)[C@H](O)C[C@@]12C. The average molecular weight is 336 g/mol. The van der Waals surface area contributed by atoms with E-state index in [2.05, 4.69) is 20.8 Å². The zero-order chi connectivity index (χ0) is 18.3. The third kappa shape index (κ3) is 3.30. The Hall–Kier alpha value is -1.16. The number of carboxylic acids is 1. The Morgan fingerprint density at radius 1 is 1.42 bits per heavy atom. The van der Waals surface area contributed by atoms with Crippen LogP contribution in [0.1, 0.15) is 66.7 Å². The monoisotopic (exact) mass is 336 g/mol. The number of aliphatic carboxylic acids is 1. The summed E-state index contributed by atoms with van der Waals surface area (Å²) in [6.07, 6.45) is 4.44. The van der Waals surface area contributed by atoms with Gasteiger partial charge in [0.15, 0.2) is 5.78 Å². The number of carboxylic acid groups (broad SMARTS) is 1. The normalized spacial score (nSPS) is 40.7. The molecule has 0 spiro atoms. The predicted octanol–water partition coefficient (Wildman–Crippen LogP) is 3.83. The van der Waals surface area contributed by atoms with E-state index in [1.54, 1.807) is 6.08 Å². The van der Waals surface area contributed by atoms with E-state index in [0.29, 0.717) is 12.8 Å². The van der Waals surface area contributed by atoms with Crippen LogP contribution in [0.25, 0.3) is 0 Å². The first-order valence-corrected chi connectivity index (χ1v) is 9.12. The third-order valence-electron chi connectivity index (χ3n) is 7.20. The van der Waals surface area contributed by atoms with Gasteiger partial charge in [0.05, 0.1) is 6.10 Å². The Kier molecular flexibility index (Phi) is 5.29. The van der Waals surface area contributed by atoms with Crippen molar-refractivity contribution in [1.82, 2.24) is 0 Å². The van der Waals surface area contributed by atoms with E-state index >= 15 is 0 Å². The Morgan fingerprint density at radius 2 is 2.04 bits per heavy atom. The summed E-state index contributed by atoms with van der Waals surface area (Å²) in [6, 6.07) is 0. The molecule has 136 valence electrons. The molecule has 0 amide bonds. The molecule has 2 rings (SSSR count). The van der Waals surface area contributed by atoms with Gasteiger partial charge in [-0.3, -0.25) is 9.59 Å². The van der Waals surface area contributed by atoms with Gasteiger partial charge in [0, 0.05) is 12.8 Å². The summed E-state index contributed by atoms with van der Waals surface area (Å²) < 4.78 is 0. The van der Waals surface area contributed by atoms with E-state index in [9.17, 15) is 14.7 Å². The largest absolute Gasteiger partial charge is 0.481 e. The molecule has 0 saturated heterocycles. The quantitative estimate of drug-likeness (QED) is 0.800. The average Bonchev–Trinajstić information content (AvgIpc) is 2.46. The Bertz CT molecular complexity index is 552. The van der Waals surface area contributed by atoms with Crippen molar-refractivity contribution >= 4 is 11.8 Å². The first-order chi connectivity index (χ1) is 11.0. The molecule has 1 saturated carbocycles. The number of hydrogen-bond acceptors (Lipinski definition) is 3. The molecule has 0 heterocycles. The highest BCUT2D eigenvalue weighted by Crippen LogP contribution is 2.61. The van der Waals surface area contributed by atoms with Crippen molar-refractivity contribution in [2.24, 2.45) is 28.6 Å². The van der Waals surface area contributed by atoms with Gasteiger partial charge in [-0.25, -0.2) is 0 Å². The van der Waals surface area contributed by atoms with Gasteiger partial charge in [0.1, 0.15) is 0 Å². The number of fused-ring (bicyclic) bond motifs is 1. The molecule has 4 heteroatoms. The smallest absolute Gasteiger partial charge is 0.303 e. The van der Waals surface area contributed by atoms with Crippen LogP contribution in [0.15, 0.2) is 11.6 Å². The summed E-state index contributed by atoms with van der Waals surface area (Å²) in [4.78, 5) is 23.1. The molecular weight excluding hydrogens is 304 g/mol. The minimum Gasteiger partial charge on any atom is -0.481 e. The van der Waals surface area contributed by atoms with E-state index < -0.39 is 5.97 Å². The van der Waals surface area contributed by atoms with Crippen molar-refractivity contribution in [1.29, 1.82) is 0 Å². The topological polar surface area (TPSA) is 74.6 Å². The van der Waals surface area contributed by atoms with Crippen molar-refractivity contribution in [3.63, 3.8) is 0 Å². The van der Waals surface area contributed by atoms with Crippen LogP contribution in [0, 0.1) is 28.6 Å². The lowest BCUT2D eigenvalue weighted by Gasteiger charge is -2.59. The molecule has 0 aromatic rings. The Morgan fingerprint density at radius 3 is 2.62 bits per heavy atom. The molecule has 0 bridgehead atoms. The van der Waals surface area contributed by atoms with Crippen LogP contribution >= 0.6 is 0 Å². The minimum atomic E-state index is -0.763. The molecule has 2 aliphatic carbocycles. The molecule has 0 radical (unpaired) electrons. The highest BCUT2D eigenvalue weighted by atomic mass is 16.4. The maximum atomic E-state index is 12.2. The van der Waals surface area contributed by atoms with E-state index in [4.69, 9.17) is 5.11 Å². The maximum absolute atomic E-state index is 12.2. The zero-order valence-electron chi connectivity index (χ0n) is 15.6. The lowest BCUT2D eigenvalue weighted by Crippen LogP contribution is -2.56. The van der Waals surface area contributed by atoms with Crippen LogP contribution in [0.5, 0.6) is 0 Å². The summed E-state index contributed by atoms with van der Waals surface area (Å²) in [6.45, 7) is 10.5. The number of allylic oxidation sites excluding steroid dienone is 2. The molecule has 24 heavy (non-hydrogen) atoms. The fourth-order valence-electron chi connectivity index (χ4n) is 5.16. The van der Waals surface area contributed by atoms with Crippen molar-refractivity contribution in [2.45, 2.75) is 72.8 Å². The van der Waals surface area contributed by atoms with E-state index in [0.717, 1.165) is 18.4 Å². The van der Waals surface area contributed by atoms with Gasteiger partial charge < -0.3 is 10.2 Å². The highest BCUT2D eigenvalue weighted by Gasteiger charge is 2.57. The highest BCUT2D eigenvalue weighted by molar-refractivity contribution is 5.92. The molecule has 0 aliphatic heterocycles. The van der Waals surface area contributed by atoms with Crippen molar-refractivity contribution in [2.75, 3.05) is 0 Å². The van der Waals surface area contributed by atoms with Crippen molar-refractivity contribution in [3.8, 4) is 0 Å². The van der Waals surface area contributed by atoms with Gasteiger partial charge in [0.25, 0.3) is 0 Å². The maximum Gasteiger partial charge on any atom is 0.303 e. The standard InChI is InChI=1S/C20H32O4/c1-12(8-18(23)24)6-7-19(4)14(3)16(22)11-20(5)13(2)9-15(21)10-17(19)20/h9,12,14,16-17,22H,6-8,10-11H2,1-5H3,(H,23,24)/t12-,14+,16+,17+,19-,20-/m0/s1. The predicted molar refractivity (Wildman–Crippen MR) is 93.5 cm³/mol. The van der Waals surface area contributed by atoms with Crippen LogP contribution in [0.3, 0.4) is 0 Å². The second kappa shape index (κ2) is 6.62. The van der Waals surface area contributed by atoms with E-state index in [-0.39, 0.29) is 46.9 Å². The van der Waals surface area contributed by atoms with E-state index in [1.165, 1.54) is 0 Å². The lowest BCUT2D eigenvalue weighted by atomic mass is 9.46. The fraction of sp³-hybridized carbons (Fsp3) is 0.800. The number of rotatable bonds is 5. The summed E-state index contributed by atoms with van der Waals surface area (Å²) in [5, 5.41) is 19.7. The molecule has 4 nitrogen and oxygen atoms in total. The second-order valence-corrected chi connectivity index (χ2v) is 8.78. The molecular formula is C20H32O4. The van der Waals surface area contributed by atoms with Gasteiger partial charge in [-0.2, -0.15) is 0 Å². The number of ketones is 1. The minimum absolute atomic E-state index is 0.103. The summed E-state index contributed by atoms with van der Waals surface area (Å²) in [7, 11) is 0. The Balaban J connectivity index is 2.29. The van der Waals surface area contributed by atoms with Gasteiger partial charge in [-0.05, 0) is 60.8 Å². The van der Waals surface area contributed by atoms with Gasteiger partial charge >= 0.3 is 5.97 Å². The van der Waals surface area contributed by atoms with Crippen molar-refractivity contribution < 1.29 is 19.8 Å². The van der Waals surface area contributed by atoms with Gasteiger partial charge in [0.2, 0.25) is 0 Å². The first kappa shape index (κ1) is 19.2. The number of carbonyl (C=O) groups is 2. The lowest BCUT2D eigenvalue weighted by molar-refractivity contribution is -0.139. The van der Waals surface area contributed by atoms with Gasteiger partial charge in [-0.1, -0.05) is 33.3 Å². The third-order valence-corrected chi connectivity index (χ3v) is 7.20. The first-order valence-electron chi connectivity index (χ1n) is 9.12. The molecule has 2 N–H and O–H groups in total. The summed E-state index contributed by atoms with van der Waals surface area (Å²) in [5.41, 5.74) is 0.772. The van der Waals surface area contributed by atoms with Crippen LogP contribution < -0.4 is 0 Å². The van der Waals surface area contributed by atoms with Crippen LogP contribution in [0.2, 0.25) is 0 Å². The molecule has 0 aromatic carbocycles. The molecule has 2 aliphatic rings. The van der Waals surface area contributed by atoms with E-state index in [1.807, 2.05) is 13.8 Å². The number of aliphatic hydroxyl groups excluding tert-OH is 1. The van der Waals surface area contributed by atoms with Gasteiger partial charge in [-0.15, -0.1) is 0 Å². The Labute approximate surface area is 145 Å². The molecule has 6 atom stereocenters. The van der Waals surface area contributed by atoms with Crippen LogP contribution in [-0.4, -0.2) is 28.1 Å².